The van der Waals surface area contributed by atoms with Crippen LogP contribution in [0.25, 0.3) is 0 Å². The number of carbonyl (C=O) groups excluding carboxylic acids is 3. The summed E-state index contributed by atoms with van der Waals surface area (Å²) in [5, 5.41) is 0. The van der Waals surface area contributed by atoms with Gasteiger partial charge in [0.1, 0.15) is 6.10 Å². The van der Waals surface area contributed by atoms with Crippen molar-refractivity contribution in [2.75, 3.05) is 7.11 Å². The van der Waals surface area contributed by atoms with Crippen molar-refractivity contribution in [2.45, 2.75) is 58.4 Å². The van der Waals surface area contributed by atoms with Crippen LogP contribution in [0.1, 0.15) is 27.7 Å². The molecule has 1 aliphatic rings. The zero-order chi connectivity index (χ0) is 16.2. The molecule has 0 aromatic rings. The minimum atomic E-state index is -1.13. The van der Waals surface area contributed by atoms with Gasteiger partial charge in [-0.3, -0.25) is 14.4 Å². The van der Waals surface area contributed by atoms with Crippen molar-refractivity contribution in [3.63, 3.8) is 0 Å². The van der Waals surface area contributed by atoms with Gasteiger partial charge >= 0.3 is 17.9 Å². The molecular weight excluding hydrogens is 284 g/mol. The van der Waals surface area contributed by atoms with Gasteiger partial charge in [0.25, 0.3) is 0 Å². The summed E-state index contributed by atoms with van der Waals surface area (Å²) in [5.74, 6) is -1.71. The van der Waals surface area contributed by atoms with Gasteiger partial charge in [0.15, 0.2) is 12.2 Å². The van der Waals surface area contributed by atoms with Crippen LogP contribution in [0.5, 0.6) is 0 Å². The summed E-state index contributed by atoms with van der Waals surface area (Å²) in [4.78, 5) is 33.5. The molecule has 0 radical (unpaired) electrons. The molecule has 1 heterocycles. The van der Waals surface area contributed by atoms with Crippen LogP contribution in [-0.4, -0.2) is 55.7 Å². The summed E-state index contributed by atoms with van der Waals surface area (Å²) in [7, 11) is 1.38. The highest BCUT2D eigenvalue weighted by atomic mass is 16.7. The summed E-state index contributed by atoms with van der Waals surface area (Å²) in [6.45, 7) is 5.30. The van der Waals surface area contributed by atoms with Gasteiger partial charge in [-0.1, -0.05) is 0 Å². The number of carbonyl (C=O) groups is 3. The quantitative estimate of drug-likeness (QED) is 0.535. The predicted molar refractivity (Wildman–Crippen MR) is 68.0 cm³/mol. The smallest absolute Gasteiger partial charge is 0.305 e. The van der Waals surface area contributed by atoms with Crippen molar-refractivity contribution < 1.29 is 38.1 Å². The van der Waals surface area contributed by atoms with Crippen LogP contribution in [0.3, 0.4) is 0 Å². The summed E-state index contributed by atoms with van der Waals surface area (Å²) in [5.41, 5.74) is 0. The molecule has 0 aromatic heterocycles. The number of hydrogen-bond donors (Lipinski definition) is 0. The Kier molecular flexibility index (Phi) is 6.10. The topological polar surface area (TPSA) is 97.4 Å². The van der Waals surface area contributed by atoms with Gasteiger partial charge in [-0.25, -0.2) is 0 Å². The first-order valence-corrected chi connectivity index (χ1v) is 6.46. The van der Waals surface area contributed by atoms with Gasteiger partial charge in [-0.2, -0.15) is 0 Å². The number of ether oxygens (including phenoxy) is 5. The van der Waals surface area contributed by atoms with Gasteiger partial charge < -0.3 is 23.7 Å². The summed E-state index contributed by atoms with van der Waals surface area (Å²) >= 11 is 0. The maximum Gasteiger partial charge on any atom is 0.305 e. The van der Waals surface area contributed by atoms with Gasteiger partial charge in [-0.15, -0.1) is 0 Å². The van der Waals surface area contributed by atoms with Gasteiger partial charge in [0.05, 0.1) is 6.10 Å². The molecule has 0 aliphatic carbocycles. The molecule has 1 rings (SSSR count). The van der Waals surface area contributed by atoms with E-state index in [9.17, 15) is 14.4 Å². The molecular formula is C13H20O8. The lowest BCUT2D eigenvalue weighted by atomic mass is 9.99. The fraction of sp³-hybridized carbons (Fsp3) is 0.769. The van der Waals surface area contributed by atoms with Crippen LogP contribution < -0.4 is 0 Å². The van der Waals surface area contributed by atoms with Gasteiger partial charge in [0, 0.05) is 27.9 Å². The van der Waals surface area contributed by atoms with E-state index in [1.165, 1.54) is 27.9 Å². The Morgan fingerprint density at radius 2 is 1.29 bits per heavy atom. The van der Waals surface area contributed by atoms with Crippen LogP contribution in [-0.2, 0) is 38.1 Å². The molecule has 5 atom stereocenters. The average molecular weight is 304 g/mol. The first-order chi connectivity index (χ1) is 9.76. The second-order valence-corrected chi connectivity index (χ2v) is 4.67. The zero-order valence-electron chi connectivity index (χ0n) is 12.7. The molecule has 21 heavy (non-hydrogen) atoms. The summed E-state index contributed by atoms with van der Waals surface area (Å²) in [6.07, 6.45) is -4.36. The molecule has 8 heteroatoms. The van der Waals surface area contributed by atoms with Crippen LogP contribution >= 0.6 is 0 Å². The fourth-order valence-electron chi connectivity index (χ4n) is 2.17. The Labute approximate surface area is 122 Å². The van der Waals surface area contributed by atoms with E-state index < -0.39 is 48.6 Å². The van der Waals surface area contributed by atoms with Crippen molar-refractivity contribution >= 4 is 17.9 Å². The first-order valence-electron chi connectivity index (χ1n) is 6.46. The third-order valence-electron chi connectivity index (χ3n) is 2.89. The molecule has 120 valence electrons. The number of esters is 3. The van der Waals surface area contributed by atoms with E-state index in [2.05, 4.69) is 0 Å². The van der Waals surface area contributed by atoms with E-state index in [0.29, 0.717) is 0 Å². The lowest BCUT2D eigenvalue weighted by Crippen LogP contribution is -2.60. The highest BCUT2D eigenvalue weighted by Gasteiger charge is 2.50. The Bertz CT molecular complexity index is 407. The van der Waals surface area contributed by atoms with Crippen molar-refractivity contribution in [1.82, 2.24) is 0 Å². The fourth-order valence-corrected chi connectivity index (χ4v) is 2.17. The van der Waals surface area contributed by atoms with Crippen molar-refractivity contribution in [3.05, 3.63) is 0 Å². The van der Waals surface area contributed by atoms with E-state index in [1.807, 2.05) is 0 Å². The molecule has 8 nitrogen and oxygen atoms in total. The minimum Gasteiger partial charge on any atom is -0.457 e. The molecule has 0 aromatic carbocycles. The molecule has 0 saturated carbocycles. The normalized spacial score (nSPS) is 32.1. The Morgan fingerprint density at radius 3 is 1.71 bits per heavy atom. The van der Waals surface area contributed by atoms with E-state index in [0.717, 1.165) is 0 Å². The van der Waals surface area contributed by atoms with E-state index in [1.54, 1.807) is 6.92 Å². The molecule has 0 spiro atoms. The lowest BCUT2D eigenvalue weighted by molar-refractivity contribution is -0.293. The summed E-state index contributed by atoms with van der Waals surface area (Å²) in [6, 6.07) is 0. The molecule has 0 bridgehead atoms. The molecule has 1 fully saturated rings. The molecule has 0 unspecified atom stereocenters. The van der Waals surface area contributed by atoms with Crippen molar-refractivity contribution in [2.24, 2.45) is 0 Å². The number of hydrogen-bond acceptors (Lipinski definition) is 8. The van der Waals surface area contributed by atoms with E-state index in [4.69, 9.17) is 23.7 Å². The van der Waals surface area contributed by atoms with Gasteiger partial charge in [0.2, 0.25) is 6.29 Å². The lowest BCUT2D eigenvalue weighted by Gasteiger charge is -2.42. The molecule has 0 amide bonds. The second kappa shape index (κ2) is 7.37. The van der Waals surface area contributed by atoms with Crippen molar-refractivity contribution in [3.8, 4) is 0 Å². The zero-order valence-corrected chi connectivity index (χ0v) is 12.7. The third-order valence-corrected chi connectivity index (χ3v) is 2.89. The van der Waals surface area contributed by atoms with Crippen molar-refractivity contribution in [1.29, 1.82) is 0 Å². The number of rotatable bonds is 4. The Balaban J connectivity index is 3.02. The average Bonchev–Trinajstić information content (AvgIpc) is 2.33. The maximum atomic E-state index is 11.2. The largest absolute Gasteiger partial charge is 0.457 e. The Morgan fingerprint density at radius 1 is 0.810 bits per heavy atom. The second-order valence-electron chi connectivity index (χ2n) is 4.67. The molecule has 0 N–H and O–H groups in total. The summed E-state index contributed by atoms with van der Waals surface area (Å²) < 4.78 is 26.0. The highest BCUT2D eigenvalue weighted by Crippen LogP contribution is 2.28. The standard InChI is InChI=1S/C13H20O8/c1-6-10(19-7(2)14)11(17-5)12(20-8(3)15)13(18-6)21-9(4)16/h6,10-13H,1-5H3/t6-,10-,11-,12-,13-/m1/s1. The van der Waals surface area contributed by atoms with E-state index >= 15 is 0 Å². The SMILES string of the molecule is CO[C@H]1[C@@H](OC(C)=O)[C@@H](OC(C)=O)O[C@H](C)[C@H]1OC(C)=O. The van der Waals surface area contributed by atoms with E-state index in [-0.39, 0.29) is 0 Å². The maximum absolute atomic E-state index is 11.2. The van der Waals surface area contributed by atoms with Crippen LogP contribution in [0, 0.1) is 0 Å². The predicted octanol–water partition coefficient (Wildman–Crippen LogP) is 0.173. The molecule has 1 saturated heterocycles. The van der Waals surface area contributed by atoms with Gasteiger partial charge in [-0.05, 0) is 6.92 Å². The first kappa shape index (κ1) is 17.4. The van der Waals surface area contributed by atoms with Crippen LogP contribution in [0.15, 0.2) is 0 Å². The third kappa shape index (κ3) is 4.68. The Hall–Kier alpha value is -1.67. The monoisotopic (exact) mass is 304 g/mol. The number of methoxy groups -OCH3 is 1. The highest BCUT2D eigenvalue weighted by molar-refractivity contribution is 5.67. The molecule has 1 aliphatic heterocycles. The van der Waals surface area contributed by atoms with Crippen LogP contribution in [0.4, 0.5) is 0 Å². The van der Waals surface area contributed by atoms with Crippen LogP contribution in [0.2, 0.25) is 0 Å². The minimum absolute atomic E-state index is 0.523.